The molecule has 1 aromatic carbocycles. The lowest BCUT2D eigenvalue weighted by Crippen LogP contribution is -2.37. The van der Waals surface area contributed by atoms with E-state index in [2.05, 4.69) is 24.9 Å². The molecular weight excluding hydrogens is 284 g/mol. The van der Waals surface area contributed by atoms with E-state index in [0.29, 0.717) is 5.92 Å². The molecule has 1 heterocycles. The third-order valence-corrected chi connectivity index (χ3v) is 4.85. The van der Waals surface area contributed by atoms with Gasteiger partial charge >= 0.3 is 0 Å². The number of hydrogen-bond donors (Lipinski definition) is 1. The molecule has 0 unspecified atom stereocenters. The van der Waals surface area contributed by atoms with Crippen molar-refractivity contribution in [1.29, 1.82) is 0 Å². The molecule has 0 amide bonds. The highest BCUT2D eigenvalue weighted by Gasteiger charge is 2.28. The number of fused-ring (bicyclic) bond motifs is 1. The van der Waals surface area contributed by atoms with E-state index >= 15 is 0 Å². The predicted octanol–water partition coefficient (Wildman–Crippen LogP) is 3.40. The Balaban J connectivity index is 1.78. The van der Waals surface area contributed by atoms with Gasteiger partial charge in [-0.25, -0.2) is 4.98 Å². The summed E-state index contributed by atoms with van der Waals surface area (Å²) in [6.45, 7) is 3.79. The molecule has 1 saturated carbocycles. The Hall–Kier alpha value is -1.16. The first kappa shape index (κ1) is 14.8. The molecule has 0 aliphatic heterocycles. The topological polar surface area (TPSA) is 36.4 Å². The Morgan fingerprint density at radius 1 is 1.33 bits per heavy atom. The van der Waals surface area contributed by atoms with Gasteiger partial charge in [-0.2, -0.15) is 0 Å². The number of nitrogens with zero attached hydrogens (tertiary/aromatic N) is 2. The van der Waals surface area contributed by atoms with Crippen LogP contribution in [0.4, 0.5) is 0 Å². The van der Waals surface area contributed by atoms with Crippen molar-refractivity contribution in [2.24, 2.45) is 5.92 Å². The number of aryl methyl sites for hydroxylation is 1. The molecule has 3 nitrogen and oxygen atoms in total. The van der Waals surface area contributed by atoms with Crippen LogP contribution in [0.15, 0.2) is 24.3 Å². The predicted molar refractivity (Wildman–Crippen MR) is 86.6 cm³/mol. The van der Waals surface area contributed by atoms with Gasteiger partial charge in [-0.1, -0.05) is 29.8 Å². The third-order valence-electron chi connectivity index (χ3n) is 4.35. The summed E-state index contributed by atoms with van der Waals surface area (Å²) >= 11 is 6.49. The molecular formula is C17H21ClN2O. The first-order chi connectivity index (χ1) is 10.0. The minimum atomic E-state index is -0.0898. The zero-order valence-electron chi connectivity index (χ0n) is 12.5. The Morgan fingerprint density at radius 3 is 2.76 bits per heavy atom. The normalized spacial score (nSPS) is 21.8. The second-order valence-electron chi connectivity index (χ2n) is 6.20. The molecule has 4 heteroatoms. The highest BCUT2D eigenvalue weighted by Crippen LogP contribution is 2.30. The van der Waals surface area contributed by atoms with Crippen LogP contribution in [-0.2, 0) is 6.54 Å². The number of halogens is 1. The van der Waals surface area contributed by atoms with Gasteiger partial charge in [-0.05, 0) is 44.4 Å². The molecule has 0 bridgehead atoms. The molecule has 1 fully saturated rings. The van der Waals surface area contributed by atoms with Gasteiger partial charge in [0.05, 0.1) is 22.3 Å². The summed E-state index contributed by atoms with van der Waals surface area (Å²) in [7, 11) is 2.09. The minimum Gasteiger partial charge on any atom is -0.393 e. The molecule has 112 valence electrons. The Bertz CT molecular complexity index is 653. The summed E-state index contributed by atoms with van der Waals surface area (Å²) in [5, 5.41) is 11.3. The van der Waals surface area contributed by atoms with E-state index in [0.717, 1.165) is 53.1 Å². The fourth-order valence-corrected chi connectivity index (χ4v) is 3.34. The van der Waals surface area contributed by atoms with Crippen LogP contribution >= 0.6 is 11.6 Å². The first-order valence-corrected chi connectivity index (χ1v) is 7.82. The molecule has 1 aliphatic carbocycles. The summed E-state index contributed by atoms with van der Waals surface area (Å²) in [4.78, 5) is 6.97. The zero-order valence-corrected chi connectivity index (χ0v) is 13.3. The van der Waals surface area contributed by atoms with Crippen LogP contribution in [0.5, 0.6) is 0 Å². The SMILES string of the molecule is Cc1c(Cl)c(CN(C)CC2CC(O)C2)nc2ccccc12. The molecule has 0 saturated heterocycles. The average molecular weight is 305 g/mol. The van der Waals surface area contributed by atoms with Crippen LogP contribution in [0.3, 0.4) is 0 Å². The maximum atomic E-state index is 9.37. The van der Waals surface area contributed by atoms with Gasteiger partial charge in [-0.15, -0.1) is 0 Å². The number of pyridine rings is 1. The van der Waals surface area contributed by atoms with Gasteiger partial charge in [0.1, 0.15) is 0 Å². The molecule has 3 rings (SSSR count). The van der Waals surface area contributed by atoms with E-state index in [1.165, 1.54) is 0 Å². The Kier molecular flexibility index (Phi) is 4.16. The van der Waals surface area contributed by atoms with Gasteiger partial charge in [0.25, 0.3) is 0 Å². The minimum absolute atomic E-state index is 0.0898. The van der Waals surface area contributed by atoms with Gasteiger partial charge < -0.3 is 10.0 Å². The van der Waals surface area contributed by atoms with Crippen LogP contribution in [0.25, 0.3) is 10.9 Å². The molecule has 2 aromatic rings. The Labute approximate surface area is 130 Å². The molecule has 0 radical (unpaired) electrons. The number of aliphatic hydroxyl groups is 1. The van der Waals surface area contributed by atoms with Gasteiger partial charge in [0, 0.05) is 18.5 Å². The highest BCUT2D eigenvalue weighted by molar-refractivity contribution is 6.32. The van der Waals surface area contributed by atoms with Crippen molar-refractivity contribution >= 4 is 22.5 Å². The fourth-order valence-electron chi connectivity index (χ4n) is 3.13. The van der Waals surface area contributed by atoms with Crippen LogP contribution < -0.4 is 0 Å². The van der Waals surface area contributed by atoms with Crippen molar-refractivity contribution in [3.05, 3.63) is 40.5 Å². The van der Waals surface area contributed by atoms with Crippen LogP contribution in [0, 0.1) is 12.8 Å². The van der Waals surface area contributed by atoms with E-state index in [1.807, 2.05) is 18.2 Å². The highest BCUT2D eigenvalue weighted by atomic mass is 35.5. The monoisotopic (exact) mass is 304 g/mol. The number of hydrogen-bond acceptors (Lipinski definition) is 3. The van der Waals surface area contributed by atoms with Crippen molar-refractivity contribution in [2.45, 2.75) is 32.4 Å². The van der Waals surface area contributed by atoms with E-state index < -0.39 is 0 Å². The van der Waals surface area contributed by atoms with Crippen molar-refractivity contribution in [3.63, 3.8) is 0 Å². The van der Waals surface area contributed by atoms with E-state index in [9.17, 15) is 5.11 Å². The second-order valence-corrected chi connectivity index (χ2v) is 6.58. The smallest absolute Gasteiger partial charge is 0.0740 e. The maximum Gasteiger partial charge on any atom is 0.0740 e. The second kappa shape index (κ2) is 5.91. The molecule has 0 spiro atoms. The number of para-hydroxylation sites is 1. The lowest BCUT2D eigenvalue weighted by atomic mass is 9.82. The molecule has 1 aromatic heterocycles. The van der Waals surface area contributed by atoms with Crippen molar-refractivity contribution in [1.82, 2.24) is 9.88 Å². The molecule has 1 N–H and O–H groups in total. The lowest BCUT2D eigenvalue weighted by molar-refractivity contribution is 0.0272. The fraction of sp³-hybridized carbons (Fsp3) is 0.471. The van der Waals surface area contributed by atoms with Crippen molar-refractivity contribution in [3.8, 4) is 0 Å². The van der Waals surface area contributed by atoms with E-state index in [1.54, 1.807) is 0 Å². The summed E-state index contributed by atoms with van der Waals surface area (Å²) in [5.74, 6) is 0.602. The summed E-state index contributed by atoms with van der Waals surface area (Å²) < 4.78 is 0. The summed E-state index contributed by atoms with van der Waals surface area (Å²) in [5.41, 5.74) is 3.04. The standard InChI is InChI=1S/C17H21ClN2O/c1-11-14-5-3-4-6-15(14)19-16(17(11)18)10-20(2)9-12-7-13(21)8-12/h3-6,12-13,21H,7-10H2,1-2H3. The third kappa shape index (κ3) is 3.05. The van der Waals surface area contributed by atoms with E-state index in [-0.39, 0.29) is 6.10 Å². The Morgan fingerprint density at radius 2 is 2.05 bits per heavy atom. The first-order valence-electron chi connectivity index (χ1n) is 7.45. The number of benzene rings is 1. The maximum absolute atomic E-state index is 9.37. The lowest BCUT2D eigenvalue weighted by Gasteiger charge is -2.34. The number of aliphatic hydroxyl groups excluding tert-OH is 1. The van der Waals surface area contributed by atoms with Crippen LogP contribution in [0.2, 0.25) is 5.02 Å². The number of aromatic nitrogens is 1. The largest absolute Gasteiger partial charge is 0.393 e. The van der Waals surface area contributed by atoms with Gasteiger partial charge in [0.2, 0.25) is 0 Å². The molecule has 0 atom stereocenters. The van der Waals surface area contributed by atoms with Gasteiger partial charge in [0.15, 0.2) is 0 Å². The average Bonchev–Trinajstić information content (AvgIpc) is 2.43. The number of rotatable bonds is 4. The molecule has 21 heavy (non-hydrogen) atoms. The van der Waals surface area contributed by atoms with Crippen molar-refractivity contribution < 1.29 is 5.11 Å². The van der Waals surface area contributed by atoms with E-state index in [4.69, 9.17) is 16.6 Å². The summed E-state index contributed by atoms with van der Waals surface area (Å²) in [6.07, 6.45) is 1.75. The van der Waals surface area contributed by atoms with Gasteiger partial charge in [-0.3, -0.25) is 0 Å². The quantitative estimate of drug-likeness (QED) is 0.940. The van der Waals surface area contributed by atoms with Crippen LogP contribution in [0.1, 0.15) is 24.1 Å². The van der Waals surface area contributed by atoms with Crippen LogP contribution in [-0.4, -0.2) is 34.7 Å². The summed E-state index contributed by atoms with van der Waals surface area (Å²) in [6, 6.07) is 8.12. The zero-order chi connectivity index (χ0) is 15.0. The molecule has 1 aliphatic rings. The van der Waals surface area contributed by atoms with Crippen molar-refractivity contribution in [2.75, 3.05) is 13.6 Å².